The minimum absolute atomic E-state index is 0.0505. The number of fused-ring (bicyclic) bond motifs is 5. The molecule has 0 bridgehead atoms. The van der Waals surface area contributed by atoms with Gasteiger partial charge in [-0.15, -0.1) is 0 Å². The second-order valence-electron chi connectivity index (χ2n) is 16.7. The van der Waals surface area contributed by atoms with Gasteiger partial charge >= 0.3 is 0 Å². The lowest BCUT2D eigenvalue weighted by Crippen LogP contribution is -2.54. The molecule has 1 aromatic heterocycles. The van der Waals surface area contributed by atoms with Gasteiger partial charge < -0.3 is 15.2 Å². The number of ketones is 1. The van der Waals surface area contributed by atoms with E-state index in [0.717, 1.165) is 103 Å². The molecule has 9 rings (SSSR count). The predicted octanol–water partition coefficient (Wildman–Crippen LogP) is 5.25. The molecule has 0 radical (unpaired) electrons. The molecule has 0 spiro atoms. The van der Waals surface area contributed by atoms with Crippen LogP contribution in [0.1, 0.15) is 99.9 Å². The van der Waals surface area contributed by atoms with Crippen LogP contribution in [0.15, 0.2) is 48.5 Å². The quantitative estimate of drug-likeness (QED) is 0.162. The molecule has 0 saturated carbocycles. The van der Waals surface area contributed by atoms with Gasteiger partial charge in [-0.25, -0.2) is 4.85 Å². The van der Waals surface area contributed by atoms with Crippen molar-refractivity contribution >= 4 is 57.4 Å². The van der Waals surface area contributed by atoms with Gasteiger partial charge in [0.15, 0.2) is 11.5 Å². The number of amides is 4. The van der Waals surface area contributed by atoms with Gasteiger partial charge in [-0.1, -0.05) is 39.0 Å². The molecule has 13 nitrogen and oxygen atoms in total. The zero-order valence-corrected chi connectivity index (χ0v) is 33.2. The maximum absolute atomic E-state index is 14.1. The van der Waals surface area contributed by atoms with Crippen LogP contribution in [0, 0.1) is 6.57 Å². The number of H-pyrrole nitrogens is 1. The molecule has 3 fully saturated rings. The van der Waals surface area contributed by atoms with Crippen LogP contribution >= 0.6 is 0 Å². The van der Waals surface area contributed by atoms with Crippen LogP contribution in [0.2, 0.25) is 0 Å². The number of hydrogen-bond donors (Lipinski definition) is 3. The molecule has 1 unspecified atom stereocenters. The summed E-state index contributed by atoms with van der Waals surface area (Å²) in [5.74, 6) is -1.97. The minimum atomic E-state index is -0.990. The van der Waals surface area contributed by atoms with Gasteiger partial charge in [-0.05, 0) is 67.1 Å². The molecule has 4 amide bonds. The van der Waals surface area contributed by atoms with Crippen LogP contribution in [-0.4, -0.2) is 114 Å². The number of aromatic amines is 1. The van der Waals surface area contributed by atoms with Crippen molar-refractivity contribution in [2.24, 2.45) is 0 Å². The fourth-order valence-corrected chi connectivity index (χ4v) is 9.98. The average molecular weight is 781 g/mol. The van der Waals surface area contributed by atoms with E-state index in [1.54, 1.807) is 24.3 Å². The second-order valence-corrected chi connectivity index (χ2v) is 16.7. The van der Waals surface area contributed by atoms with Gasteiger partial charge in [0.25, 0.3) is 11.8 Å². The van der Waals surface area contributed by atoms with Crippen molar-refractivity contribution in [2.75, 3.05) is 62.6 Å². The standard InChI is InChI=1S/C45H48N8O5/c1-5-26-23-31-32(45(2,3)41-39(40(31)55)29-10-9-27(46-4)24-34(29)48-41)25-36(26)52-16-13-28(14-17-52)51-21-19-50(20-22-51)18-15-47-33-8-6-7-30-38(33)44(58)53(43(30)57)35-11-12-37(54)49-42(35)56/h6-10,23-25,28,35,47-48H,5,11-22H2,1-3H3,(H,49,54,56). The number of nitrogens with zero attached hydrogens (tertiary/aromatic N) is 5. The number of piperazine rings is 1. The highest BCUT2D eigenvalue weighted by Gasteiger charge is 2.46. The van der Waals surface area contributed by atoms with E-state index in [1.165, 1.54) is 11.3 Å². The molecule has 4 aromatic rings. The van der Waals surface area contributed by atoms with Crippen molar-refractivity contribution in [1.82, 2.24) is 25.0 Å². The summed E-state index contributed by atoms with van der Waals surface area (Å²) >= 11 is 0. The SMILES string of the molecule is [C-]#[N+]c1ccc2c3c([nH]c2c1)C(C)(C)c1cc(N2CCC(N4CCN(CCNc5cccc6c5C(=O)N(C5CCC(=O)NC5=O)C6=O)CC4)CC2)c(CC)cc1C3=O. The third-order valence-electron chi connectivity index (χ3n) is 13.2. The first-order valence-corrected chi connectivity index (χ1v) is 20.5. The normalized spacial score (nSPS) is 21.2. The molecule has 3 N–H and O–H groups in total. The average Bonchev–Trinajstić information content (AvgIpc) is 3.75. The van der Waals surface area contributed by atoms with Crippen molar-refractivity contribution in [3.8, 4) is 0 Å². The van der Waals surface area contributed by atoms with E-state index in [9.17, 15) is 24.0 Å². The molecule has 298 valence electrons. The monoisotopic (exact) mass is 780 g/mol. The van der Waals surface area contributed by atoms with Gasteiger partial charge in [0.05, 0.1) is 23.3 Å². The summed E-state index contributed by atoms with van der Waals surface area (Å²) in [5, 5.41) is 6.51. The van der Waals surface area contributed by atoms with E-state index in [1.807, 2.05) is 12.1 Å². The maximum Gasteiger partial charge on any atom is 0.264 e. The number of carbonyl (C=O) groups is 5. The lowest BCUT2D eigenvalue weighted by atomic mass is 9.70. The van der Waals surface area contributed by atoms with Crippen molar-refractivity contribution in [3.63, 3.8) is 0 Å². The van der Waals surface area contributed by atoms with Crippen molar-refractivity contribution in [3.05, 3.63) is 99.0 Å². The first kappa shape index (κ1) is 37.7. The summed E-state index contributed by atoms with van der Waals surface area (Å²) in [6.07, 6.45) is 3.19. The Labute approximate surface area is 337 Å². The van der Waals surface area contributed by atoms with Crippen LogP contribution < -0.4 is 15.5 Å². The summed E-state index contributed by atoms with van der Waals surface area (Å²) in [6, 6.07) is 14.6. The Morgan fingerprint density at radius 2 is 1.66 bits per heavy atom. The van der Waals surface area contributed by atoms with E-state index in [4.69, 9.17) is 6.57 Å². The van der Waals surface area contributed by atoms with Crippen molar-refractivity contribution < 1.29 is 24.0 Å². The van der Waals surface area contributed by atoms with Gasteiger partial charge in [0.2, 0.25) is 11.8 Å². The van der Waals surface area contributed by atoms with E-state index in [2.05, 4.69) is 68.1 Å². The Bertz CT molecular complexity index is 2450. The number of aromatic nitrogens is 1. The van der Waals surface area contributed by atoms with Gasteiger partial charge in [0, 0.05) is 104 Å². The van der Waals surface area contributed by atoms with Crippen LogP contribution in [-0.2, 0) is 21.4 Å². The number of benzene rings is 3. The summed E-state index contributed by atoms with van der Waals surface area (Å²) in [7, 11) is 0. The highest BCUT2D eigenvalue weighted by Crippen LogP contribution is 2.46. The number of piperidine rings is 2. The molecule has 13 heteroatoms. The van der Waals surface area contributed by atoms with Crippen LogP contribution in [0.25, 0.3) is 15.7 Å². The Morgan fingerprint density at radius 3 is 2.38 bits per heavy atom. The van der Waals surface area contributed by atoms with Crippen molar-refractivity contribution in [1.29, 1.82) is 0 Å². The highest BCUT2D eigenvalue weighted by atomic mass is 16.2. The lowest BCUT2D eigenvalue weighted by molar-refractivity contribution is -0.136. The molecule has 5 aliphatic rings. The molecule has 1 atom stereocenters. The van der Waals surface area contributed by atoms with Crippen LogP contribution in [0.5, 0.6) is 0 Å². The molecular formula is C45H48N8O5. The molecule has 3 aromatic carbocycles. The van der Waals surface area contributed by atoms with E-state index < -0.39 is 35.1 Å². The molecule has 58 heavy (non-hydrogen) atoms. The Hall–Kier alpha value is -5.84. The zero-order chi connectivity index (χ0) is 40.5. The lowest BCUT2D eigenvalue weighted by Gasteiger charge is -2.44. The van der Waals surface area contributed by atoms with Gasteiger partial charge in [-0.3, -0.25) is 44.0 Å². The molecule has 4 aliphatic heterocycles. The smallest absolute Gasteiger partial charge is 0.264 e. The van der Waals surface area contributed by atoms with E-state index in [-0.39, 0.29) is 29.8 Å². The summed E-state index contributed by atoms with van der Waals surface area (Å²) in [6.45, 7) is 21.2. The Kier molecular flexibility index (Phi) is 9.44. The molecular weight excluding hydrogens is 733 g/mol. The second kappa shape index (κ2) is 14.5. The number of nitrogens with one attached hydrogen (secondary N) is 3. The largest absolute Gasteiger partial charge is 0.383 e. The first-order chi connectivity index (χ1) is 28.0. The van der Waals surface area contributed by atoms with Gasteiger partial charge in [-0.2, -0.15) is 0 Å². The summed E-state index contributed by atoms with van der Waals surface area (Å²) in [4.78, 5) is 80.7. The van der Waals surface area contributed by atoms with E-state index >= 15 is 0 Å². The predicted molar refractivity (Wildman–Crippen MR) is 221 cm³/mol. The number of anilines is 2. The highest BCUT2D eigenvalue weighted by molar-refractivity contribution is 6.25. The third kappa shape index (κ3) is 6.17. The Balaban J connectivity index is 0.803. The Morgan fingerprint density at radius 1 is 0.879 bits per heavy atom. The molecule has 5 heterocycles. The fourth-order valence-electron chi connectivity index (χ4n) is 9.98. The first-order valence-electron chi connectivity index (χ1n) is 20.5. The maximum atomic E-state index is 14.1. The number of imide groups is 2. The molecule has 1 aliphatic carbocycles. The topological polar surface area (TPSA) is 143 Å². The minimum Gasteiger partial charge on any atom is -0.383 e. The van der Waals surface area contributed by atoms with Crippen LogP contribution in [0.3, 0.4) is 0 Å². The zero-order valence-electron chi connectivity index (χ0n) is 33.2. The van der Waals surface area contributed by atoms with Crippen molar-refractivity contribution in [2.45, 2.75) is 70.4 Å². The molecule has 3 saturated heterocycles. The number of rotatable bonds is 8. The van der Waals surface area contributed by atoms with Gasteiger partial charge in [0.1, 0.15) is 6.04 Å². The number of carbonyl (C=O) groups excluding carboxylic acids is 5. The fraction of sp³-hybridized carbons (Fsp3) is 0.422. The summed E-state index contributed by atoms with van der Waals surface area (Å²) in [5.41, 5.74) is 8.01. The summed E-state index contributed by atoms with van der Waals surface area (Å²) < 4.78 is 0. The number of hydrogen-bond acceptors (Lipinski definition) is 9. The third-order valence-corrected chi connectivity index (χ3v) is 13.2. The van der Waals surface area contributed by atoms with E-state index in [0.29, 0.717) is 24.0 Å². The number of aryl methyl sites for hydroxylation is 1. The van der Waals surface area contributed by atoms with Crippen LogP contribution in [0.4, 0.5) is 17.1 Å².